The van der Waals surface area contributed by atoms with Crippen LogP contribution in [0.3, 0.4) is 0 Å². The van der Waals surface area contributed by atoms with Gasteiger partial charge in [-0.2, -0.15) is 0 Å². The van der Waals surface area contributed by atoms with Gasteiger partial charge in [0.05, 0.1) is 5.69 Å². The predicted molar refractivity (Wildman–Crippen MR) is 52.3 cm³/mol. The second-order valence-electron chi connectivity index (χ2n) is 2.58. The van der Waals surface area contributed by atoms with Crippen molar-refractivity contribution in [3.63, 3.8) is 0 Å². The van der Waals surface area contributed by atoms with Gasteiger partial charge in [0, 0.05) is 19.3 Å². The first-order chi connectivity index (χ1) is 5.47. The Kier molecular flexibility index (Phi) is 3.26. The molecule has 12 heavy (non-hydrogen) atoms. The van der Waals surface area contributed by atoms with E-state index in [2.05, 4.69) is 16.4 Å². The van der Waals surface area contributed by atoms with Gasteiger partial charge in [0.25, 0.3) is 0 Å². The molecular formula is C9H11ClN2. The third kappa shape index (κ3) is 1.84. The van der Waals surface area contributed by atoms with Crippen LogP contribution in [0.2, 0.25) is 0 Å². The molecule has 1 aliphatic heterocycles. The standard InChI is InChI=1S/C9H10N2.ClH/c1-2-5-11-9(3-1)8-4-6-10-7-8;/h1-5,10H,6-7H2;1H. The highest BCUT2D eigenvalue weighted by molar-refractivity contribution is 5.85. The normalized spacial score (nSPS) is 15.2. The minimum Gasteiger partial charge on any atom is -0.309 e. The van der Waals surface area contributed by atoms with E-state index in [9.17, 15) is 0 Å². The minimum absolute atomic E-state index is 0. The third-order valence-corrected chi connectivity index (χ3v) is 1.80. The van der Waals surface area contributed by atoms with Gasteiger partial charge < -0.3 is 5.32 Å². The predicted octanol–water partition coefficient (Wildman–Crippen LogP) is 1.49. The van der Waals surface area contributed by atoms with Crippen LogP contribution in [0.25, 0.3) is 5.57 Å². The summed E-state index contributed by atoms with van der Waals surface area (Å²) >= 11 is 0. The lowest BCUT2D eigenvalue weighted by Gasteiger charge is -1.98. The van der Waals surface area contributed by atoms with E-state index in [-0.39, 0.29) is 12.4 Å². The van der Waals surface area contributed by atoms with Crippen molar-refractivity contribution in [2.75, 3.05) is 13.1 Å². The summed E-state index contributed by atoms with van der Waals surface area (Å²) in [5.74, 6) is 0. The maximum Gasteiger partial charge on any atom is 0.0671 e. The Balaban J connectivity index is 0.000000720. The Bertz CT molecular complexity index is 269. The second-order valence-corrected chi connectivity index (χ2v) is 2.58. The average Bonchev–Trinajstić information content (AvgIpc) is 2.58. The summed E-state index contributed by atoms with van der Waals surface area (Å²) in [6.07, 6.45) is 4.01. The van der Waals surface area contributed by atoms with Crippen LogP contribution in [0.4, 0.5) is 0 Å². The van der Waals surface area contributed by atoms with Crippen molar-refractivity contribution in [1.29, 1.82) is 0 Å². The molecule has 0 unspecified atom stereocenters. The van der Waals surface area contributed by atoms with E-state index in [0.717, 1.165) is 18.8 Å². The van der Waals surface area contributed by atoms with Crippen molar-refractivity contribution >= 4 is 18.0 Å². The van der Waals surface area contributed by atoms with E-state index >= 15 is 0 Å². The third-order valence-electron chi connectivity index (χ3n) is 1.80. The molecule has 1 N–H and O–H groups in total. The van der Waals surface area contributed by atoms with E-state index in [1.54, 1.807) is 0 Å². The molecule has 1 aromatic heterocycles. The van der Waals surface area contributed by atoms with Gasteiger partial charge in [0.2, 0.25) is 0 Å². The summed E-state index contributed by atoms with van der Waals surface area (Å²) in [7, 11) is 0. The van der Waals surface area contributed by atoms with Crippen LogP contribution in [-0.2, 0) is 0 Å². The summed E-state index contributed by atoms with van der Waals surface area (Å²) in [4.78, 5) is 4.25. The Morgan fingerprint density at radius 3 is 2.83 bits per heavy atom. The quantitative estimate of drug-likeness (QED) is 0.712. The topological polar surface area (TPSA) is 24.9 Å². The number of halogens is 1. The smallest absolute Gasteiger partial charge is 0.0671 e. The van der Waals surface area contributed by atoms with E-state index in [1.165, 1.54) is 5.57 Å². The first-order valence-electron chi connectivity index (χ1n) is 3.78. The molecule has 3 heteroatoms. The molecule has 0 spiro atoms. The van der Waals surface area contributed by atoms with E-state index in [1.807, 2.05) is 24.4 Å². The molecule has 0 aliphatic carbocycles. The van der Waals surface area contributed by atoms with Crippen molar-refractivity contribution in [1.82, 2.24) is 10.3 Å². The number of aromatic nitrogens is 1. The molecule has 0 radical (unpaired) electrons. The molecule has 1 aromatic rings. The molecule has 0 saturated heterocycles. The molecule has 64 valence electrons. The van der Waals surface area contributed by atoms with Gasteiger partial charge in [-0.05, 0) is 17.7 Å². The molecular weight excluding hydrogens is 172 g/mol. The van der Waals surface area contributed by atoms with Crippen LogP contribution in [0.5, 0.6) is 0 Å². The molecule has 0 amide bonds. The van der Waals surface area contributed by atoms with Gasteiger partial charge in [-0.3, -0.25) is 4.98 Å². The van der Waals surface area contributed by atoms with Crippen molar-refractivity contribution in [2.24, 2.45) is 0 Å². The fraction of sp³-hybridized carbons (Fsp3) is 0.222. The van der Waals surface area contributed by atoms with Crippen molar-refractivity contribution in [2.45, 2.75) is 0 Å². The van der Waals surface area contributed by atoms with E-state index < -0.39 is 0 Å². The van der Waals surface area contributed by atoms with Gasteiger partial charge in [0.15, 0.2) is 0 Å². The van der Waals surface area contributed by atoms with E-state index in [0.29, 0.717) is 0 Å². The van der Waals surface area contributed by atoms with Gasteiger partial charge in [0.1, 0.15) is 0 Å². The molecule has 0 aromatic carbocycles. The zero-order valence-electron chi connectivity index (χ0n) is 6.66. The number of nitrogens with zero attached hydrogens (tertiary/aromatic N) is 1. The zero-order chi connectivity index (χ0) is 7.52. The molecule has 1 aliphatic rings. The number of pyridine rings is 1. The zero-order valence-corrected chi connectivity index (χ0v) is 7.47. The molecule has 0 atom stereocenters. The summed E-state index contributed by atoms with van der Waals surface area (Å²) in [5, 5.41) is 3.24. The van der Waals surface area contributed by atoms with Gasteiger partial charge in [-0.25, -0.2) is 0 Å². The molecule has 2 heterocycles. The number of nitrogens with one attached hydrogen (secondary N) is 1. The maximum atomic E-state index is 4.25. The lowest BCUT2D eigenvalue weighted by atomic mass is 10.2. The lowest BCUT2D eigenvalue weighted by Crippen LogP contribution is -2.07. The maximum absolute atomic E-state index is 4.25. The number of hydrogen-bond donors (Lipinski definition) is 1. The van der Waals surface area contributed by atoms with Gasteiger partial charge >= 0.3 is 0 Å². The molecule has 0 bridgehead atoms. The van der Waals surface area contributed by atoms with Crippen LogP contribution in [-0.4, -0.2) is 18.1 Å². The highest BCUT2D eigenvalue weighted by Gasteiger charge is 2.05. The Labute approximate surface area is 78.1 Å². The monoisotopic (exact) mass is 182 g/mol. The first kappa shape index (κ1) is 9.23. The summed E-state index contributed by atoms with van der Waals surface area (Å²) in [6.45, 7) is 1.93. The number of hydrogen-bond acceptors (Lipinski definition) is 2. The van der Waals surface area contributed by atoms with Gasteiger partial charge in [-0.15, -0.1) is 12.4 Å². The van der Waals surface area contributed by atoms with Crippen molar-refractivity contribution in [3.05, 3.63) is 36.2 Å². The van der Waals surface area contributed by atoms with Crippen LogP contribution in [0, 0.1) is 0 Å². The Hall–Kier alpha value is -0.860. The Morgan fingerprint density at radius 1 is 1.33 bits per heavy atom. The molecule has 2 rings (SSSR count). The highest BCUT2D eigenvalue weighted by atomic mass is 35.5. The van der Waals surface area contributed by atoms with Crippen molar-refractivity contribution < 1.29 is 0 Å². The SMILES string of the molecule is C1=C(c2ccccn2)CNC1.Cl. The average molecular weight is 183 g/mol. The largest absolute Gasteiger partial charge is 0.309 e. The molecule has 2 nitrogen and oxygen atoms in total. The van der Waals surface area contributed by atoms with Crippen LogP contribution < -0.4 is 5.32 Å². The van der Waals surface area contributed by atoms with Crippen LogP contribution >= 0.6 is 12.4 Å². The summed E-state index contributed by atoms with van der Waals surface area (Å²) < 4.78 is 0. The van der Waals surface area contributed by atoms with Crippen LogP contribution in [0.1, 0.15) is 5.69 Å². The lowest BCUT2D eigenvalue weighted by molar-refractivity contribution is 0.895. The number of rotatable bonds is 1. The summed E-state index contributed by atoms with van der Waals surface area (Å²) in [6, 6.07) is 5.99. The molecule has 0 fully saturated rings. The van der Waals surface area contributed by atoms with Crippen LogP contribution in [0.15, 0.2) is 30.5 Å². The van der Waals surface area contributed by atoms with E-state index in [4.69, 9.17) is 0 Å². The van der Waals surface area contributed by atoms with Crippen molar-refractivity contribution in [3.8, 4) is 0 Å². The first-order valence-corrected chi connectivity index (χ1v) is 3.78. The minimum atomic E-state index is 0. The fourth-order valence-electron chi connectivity index (χ4n) is 1.22. The highest BCUT2D eigenvalue weighted by Crippen LogP contribution is 2.11. The second kappa shape index (κ2) is 4.24. The molecule has 0 saturated carbocycles. The Morgan fingerprint density at radius 2 is 2.25 bits per heavy atom. The van der Waals surface area contributed by atoms with Gasteiger partial charge in [-0.1, -0.05) is 12.1 Å². The summed E-state index contributed by atoms with van der Waals surface area (Å²) in [5.41, 5.74) is 2.41. The fourth-order valence-corrected chi connectivity index (χ4v) is 1.22.